The Balaban J connectivity index is 1.25. The van der Waals surface area contributed by atoms with Gasteiger partial charge in [0.05, 0.1) is 49.1 Å². The maximum atomic E-state index is 5.44. The normalized spacial score (nSPS) is 14.1. The molecule has 1 aliphatic rings. The molecule has 0 unspecified atom stereocenters. The predicted octanol–water partition coefficient (Wildman–Crippen LogP) is 2.65. The van der Waals surface area contributed by atoms with Gasteiger partial charge in [-0.05, 0) is 18.2 Å². The Kier molecular flexibility index (Phi) is 5.35. The smallest absolute Gasteiger partial charge is 0.186 e. The van der Waals surface area contributed by atoms with Gasteiger partial charge < -0.3 is 19.7 Å². The molecule has 1 N–H and O–H groups in total. The number of fused-ring (bicyclic) bond motifs is 2. The first-order chi connectivity index (χ1) is 16.8. The van der Waals surface area contributed by atoms with Crippen LogP contribution in [0.15, 0.2) is 42.9 Å². The monoisotopic (exact) mass is 475 g/mol. The van der Waals surface area contributed by atoms with E-state index in [-0.39, 0.29) is 0 Å². The number of hydrogen-bond donors (Lipinski definition) is 1. The van der Waals surface area contributed by atoms with Crippen LogP contribution in [-0.4, -0.2) is 68.2 Å². The molecule has 0 spiro atoms. The lowest BCUT2D eigenvalue weighted by Crippen LogP contribution is -2.36. The molecule has 5 aromatic rings. The lowest BCUT2D eigenvalue weighted by molar-refractivity contribution is 0.122. The topological polar surface area (TPSA) is 115 Å². The van der Waals surface area contributed by atoms with Crippen LogP contribution in [0.2, 0.25) is 0 Å². The van der Waals surface area contributed by atoms with E-state index in [9.17, 15) is 0 Å². The highest BCUT2D eigenvalue weighted by atomic mass is 32.1. The number of nitrogens with zero attached hydrogens (tertiary/aromatic N) is 8. The summed E-state index contributed by atoms with van der Waals surface area (Å²) in [7, 11) is 1.61. The molecule has 1 aliphatic heterocycles. The summed E-state index contributed by atoms with van der Waals surface area (Å²) < 4.78 is 12.4. The molecule has 1 saturated heterocycles. The van der Waals surface area contributed by atoms with E-state index in [1.807, 2.05) is 30.5 Å². The Labute approximate surface area is 198 Å². The van der Waals surface area contributed by atoms with Crippen molar-refractivity contribution < 1.29 is 9.47 Å². The Morgan fingerprint density at radius 3 is 2.88 bits per heavy atom. The van der Waals surface area contributed by atoms with Crippen molar-refractivity contribution in [2.45, 2.75) is 6.54 Å². The molecule has 0 atom stereocenters. The fourth-order valence-electron chi connectivity index (χ4n) is 3.80. The van der Waals surface area contributed by atoms with Crippen LogP contribution in [0, 0.1) is 0 Å². The lowest BCUT2D eigenvalue weighted by atomic mass is 10.2. The van der Waals surface area contributed by atoms with Gasteiger partial charge in [-0.15, -0.1) is 10.2 Å². The van der Waals surface area contributed by atoms with Crippen LogP contribution in [0.5, 0.6) is 5.75 Å². The van der Waals surface area contributed by atoms with E-state index < -0.39 is 0 Å². The van der Waals surface area contributed by atoms with Crippen LogP contribution in [0.3, 0.4) is 0 Å². The van der Waals surface area contributed by atoms with Gasteiger partial charge in [-0.1, -0.05) is 11.3 Å². The van der Waals surface area contributed by atoms with Gasteiger partial charge in [-0.2, -0.15) is 9.61 Å². The van der Waals surface area contributed by atoms with E-state index in [1.54, 1.807) is 35.4 Å². The van der Waals surface area contributed by atoms with Crippen molar-refractivity contribution in [3.63, 3.8) is 0 Å². The summed E-state index contributed by atoms with van der Waals surface area (Å²) in [6.45, 7) is 3.59. The van der Waals surface area contributed by atoms with Crippen molar-refractivity contribution in [1.29, 1.82) is 0 Å². The van der Waals surface area contributed by atoms with Crippen molar-refractivity contribution in [3.05, 3.63) is 48.7 Å². The van der Waals surface area contributed by atoms with Gasteiger partial charge in [0, 0.05) is 31.5 Å². The summed E-state index contributed by atoms with van der Waals surface area (Å²) in [5, 5.41) is 17.8. The standard InChI is InChI=1S/C22H21N9O2S/c1-32-14-10-17-21(25-11-14)16(4-5-23-17)24-13-20-28-27-19-3-2-15(29-31(19)20)18-12-26-22(34-18)30-6-8-33-9-7-30/h2-5,10-12H,6-9,13H2,1H3,(H,23,24). The molecule has 172 valence electrons. The van der Waals surface area contributed by atoms with Crippen molar-refractivity contribution in [2.24, 2.45) is 0 Å². The Hall–Kier alpha value is -3.90. The van der Waals surface area contributed by atoms with E-state index in [1.165, 1.54) is 0 Å². The summed E-state index contributed by atoms with van der Waals surface area (Å²) in [5.41, 5.74) is 3.86. The van der Waals surface area contributed by atoms with E-state index in [4.69, 9.17) is 14.6 Å². The minimum Gasteiger partial charge on any atom is -0.495 e. The van der Waals surface area contributed by atoms with Crippen LogP contribution >= 0.6 is 11.3 Å². The first-order valence-electron chi connectivity index (χ1n) is 10.8. The summed E-state index contributed by atoms with van der Waals surface area (Å²) in [6, 6.07) is 7.61. The zero-order valence-corrected chi connectivity index (χ0v) is 19.2. The number of nitrogens with one attached hydrogen (secondary N) is 1. The van der Waals surface area contributed by atoms with Crippen LogP contribution in [-0.2, 0) is 11.3 Å². The number of morpholine rings is 1. The number of hydrogen-bond acceptors (Lipinski definition) is 11. The average molecular weight is 476 g/mol. The minimum atomic E-state index is 0.423. The molecule has 0 saturated carbocycles. The molecule has 0 bridgehead atoms. The maximum Gasteiger partial charge on any atom is 0.186 e. The van der Waals surface area contributed by atoms with Gasteiger partial charge in [0.25, 0.3) is 0 Å². The summed E-state index contributed by atoms with van der Waals surface area (Å²) in [5.74, 6) is 1.35. The number of aromatic nitrogens is 7. The molecule has 0 aromatic carbocycles. The zero-order chi connectivity index (χ0) is 22.9. The fraction of sp³-hybridized carbons (Fsp3) is 0.273. The number of pyridine rings is 2. The van der Waals surface area contributed by atoms with Gasteiger partial charge in [-0.25, -0.2) is 9.97 Å². The van der Waals surface area contributed by atoms with Gasteiger partial charge in [0.1, 0.15) is 17.0 Å². The van der Waals surface area contributed by atoms with Gasteiger partial charge in [0.15, 0.2) is 16.6 Å². The van der Waals surface area contributed by atoms with Crippen LogP contribution in [0.4, 0.5) is 10.8 Å². The van der Waals surface area contributed by atoms with Crippen molar-refractivity contribution >= 4 is 38.8 Å². The summed E-state index contributed by atoms with van der Waals surface area (Å²) in [4.78, 5) is 16.7. The Bertz CT molecular complexity index is 1460. The average Bonchev–Trinajstić information content (AvgIpc) is 3.55. The number of anilines is 2. The van der Waals surface area contributed by atoms with Gasteiger partial charge >= 0.3 is 0 Å². The molecule has 0 amide bonds. The van der Waals surface area contributed by atoms with Crippen molar-refractivity contribution in [1.82, 2.24) is 34.8 Å². The highest BCUT2D eigenvalue weighted by Crippen LogP contribution is 2.30. The molecular weight excluding hydrogens is 454 g/mol. The molecule has 12 heteroatoms. The number of thiazole rings is 1. The summed E-state index contributed by atoms with van der Waals surface area (Å²) >= 11 is 1.63. The Morgan fingerprint density at radius 1 is 1.09 bits per heavy atom. The molecule has 1 fully saturated rings. The van der Waals surface area contributed by atoms with Crippen LogP contribution < -0.4 is 15.0 Å². The van der Waals surface area contributed by atoms with E-state index in [0.29, 0.717) is 23.8 Å². The molecule has 11 nitrogen and oxygen atoms in total. The Morgan fingerprint density at radius 2 is 2.00 bits per heavy atom. The van der Waals surface area contributed by atoms with Gasteiger partial charge in [-0.3, -0.25) is 4.98 Å². The van der Waals surface area contributed by atoms with Crippen molar-refractivity contribution in [2.75, 3.05) is 43.6 Å². The molecule has 5 aromatic heterocycles. The maximum absolute atomic E-state index is 5.44. The molecule has 34 heavy (non-hydrogen) atoms. The second kappa shape index (κ2) is 8.80. The zero-order valence-electron chi connectivity index (χ0n) is 18.4. The second-order valence-electron chi connectivity index (χ2n) is 7.67. The third-order valence-electron chi connectivity index (χ3n) is 5.58. The fourth-order valence-corrected chi connectivity index (χ4v) is 4.73. The van der Waals surface area contributed by atoms with E-state index in [0.717, 1.165) is 58.7 Å². The van der Waals surface area contributed by atoms with Crippen LogP contribution in [0.25, 0.3) is 27.3 Å². The van der Waals surface area contributed by atoms with E-state index >= 15 is 0 Å². The quantitative estimate of drug-likeness (QED) is 0.393. The number of rotatable bonds is 6. The predicted molar refractivity (Wildman–Crippen MR) is 128 cm³/mol. The van der Waals surface area contributed by atoms with Crippen molar-refractivity contribution in [3.8, 4) is 16.3 Å². The third kappa shape index (κ3) is 3.86. The second-order valence-corrected chi connectivity index (χ2v) is 8.68. The molecule has 6 rings (SSSR count). The third-order valence-corrected chi connectivity index (χ3v) is 6.66. The SMILES string of the molecule is COc1cnc2c(NCc3nnc4ccc(-c5cnc(N6CCOCC6)s5)nn34)ccnc2c1. The number of methoxy groups -OCH3 is 1. The summed E-state index contributed by atoms with van der Waals surface area (Å²) in [6.07, 6.45) is 5.28. The molecular formula is C22H21N9O2S. The molecule has 6 heterocycles. The van der Waals surface area contributed by atoms with E-state index in [2.05, 4.69) is 35.4 Å². The highest BCUT2D eigenvalue weighted by molar-refractivity contribution is 7.18. The minimum absolute atomic E-state index is 0.423. The molecule has 0 aliphatic carbocycles. The van der Waals surface area contributed by atoms with Crippen LogP contribution in [0.1, 0.15) is 5.82 Å². The lowest BCUT2D eigenvalue weighted by Gasteiger charge is -2.25. The highest BCUT2D eigenvalue weighted by Gasteiger charge is 2.17. The van der Waals surface area contributed by atoms with Gasteiger partial charge in [0.2, 0.25) is 0 Å². The first kappa shape index (κ1) is 20.7. The first-order valence-corrected chi connectivity index (χ1v) is 11.6. The number of ether oxygens (including phenoxy) is 2. The largest absolute Gasteiger partial charge is 0.495 e. The molecule has 0 radical (unpaired) electrons.